The van der Waals surface area contributed by atoms with Crippen molar-refractivity contribution >= 4 is 0 Å². The van der Waals surface area contributed by atoms with Crippen LogP contribution in [0.2, 0.25) is 0 Å². The van der Waals surface area contributed by atoms with E-state index in [1.54, 1.807) is 5.06 Å². The average Bonchev–Trinajstić information content (AvgIpc) is 2.30. The van der Waals surface area contributed by atoms with E-state index in [1.807, 2.05) is 0 Å². The van der Waals surface area contributed by atoms with Gasteiger partial charge >= 0.3 is 0 Å². The van der Waals surface area contributed by atoms with Crippen LogP contribution >= 0.6 is 0 Å². The van der Waals surface area contributed by atoms with Crippen molar-refractivity contribution in [3.05, 3.63) is 0 Å². The third kappa shape index (κ3) is 2.48. The Morgan fingerprint density at radius 1 is 0.643 bits per heavy atom. The van der Waals surface area contributed by atoms with Crippen LogP contribution in [0.25, 0.3) is 0 Å². The van der Waals surface area contributed by atoms with Crippen LogP contribution in [0.5, 0.6) is 0 Å². The Morgan fingerprint density at radius 3 is 1.36 bits per heavy atom. The third-order valence-electron chi connectivity index (χ3n) is 3.90. The van der Waals surface area contributed by atoms with E-state index in [2.05, 4.69) is 0 Å². The van der Waals surface area contributed by atoms with Gasteiger partial charge in [0.25, 0.3) is 0 Å². The van der Waals surface area contributed by atoms with Gasteiger partial charge in [-0.05, 0) is 25.7 Å². The predicted octanol–water partition coefficient (Wildman–Crippen LogP) is 3.34. The zero-order valence-electron chi connectivity index (χ0n) is 9.12. The molecule has 0 amide bonds. The maximum atomic E-state index is 10.1. The summed E-state index contributed by atoms with van der Waals surface area (Å²) in [5.41, 5.74) is 0. The van der Waals surface area contributed by atoms with Gasteiger partial charge in [-0.3, -0.25) is 0 Å². The first-order valence-corrected chi connectivity index (χ1v) is 6.35. The summed E-state index contributed by atoms with van der Waals surface area (Å²) in [6, 6.07) is 0.957. The van der Waals surface area contributed by atoms with E-state index < -0.39 is 0 Å². The second-order valence-electron chi connectivity index (χ2n) is 4.96. The summed E-state index contributed by atoms with van der Waals surface area (Å²) in [7, 11) is 0. The first-order valence-electron chi connectivity index (χ1n) is 6.35. The molecule has 1 N–H and O–H groups in total. The molecule has 2 aliphatic carbocycles. The molecule has 0 bridgehead atoms. The van der Waals surface area contributed by atoms with Crippen LogP contribution in [0.3, 0.4) is 0 Å². The van der Waals surface area contributed by atoms with Crippen molar-refractivity contribution in [3.8, 4) is 0 Å². The Kier molecular flexibility index (Phi) is 3.82. The molecule has 2 aliphatic rings. The summed E-state index contributed by atoms with van der Waals surface area (Å²) < 4.78 is 0. The largest absolute Gasteiger partial charge is 0.313 e. The summed E-state index contributed by atoms with van der Waals surface area (Å²) in [5, 5.41) is 11.9. The topological polar surface area (TPSA) is 23.5 Å². The van der Waals surface area contributed by atoms with Crippen LogP contribution in [0.1, 0.15) is 64.2 Å². The van der Waals surface area contributed by atoms with Crippen molar-refractivity contribution in [2.24, 2.45) is 0 Å². The Labute approximate surface area is 87.3 Å². The first kappa shape index (κ1) is 10.4. The fourth-order valence-electron chi connectivity index (χ4n) is 2.99. The van der Waals surface area contributed by atoms with Crippen molar-refractivity contribution in [1.29, 1.82) is 0 Å². The van der Waals surface area contributed by atoms with E-state index in [9.17, 15) is 5.21 Å². The van der Waals surface area contributed by atoms with E-state index >= 15 is 0 Å². The van der Waals surface area contributed by atoms with Gasteiger partial charge in [0.1, 0.15) is 0 Å². The molecule has 0 aliphatic heterocycles. The highest BCUT2D eigenvalue weighted by Gasteiger charge is 2.27. The molecule has 14 heavy (non-hydrogen) atoms. The van der Waals surface area contributed by atoms with Crippen molar-refractivity contribution in [2.45, 2.75) is 76.3 Å². The number of nitrogens with zero attached hydrogens (tertiary/aromatic N) is 1. The van der Waals surface area contributed by atoms with Gasteiger partial charge in [0.15, 0.2) is 0 Å². The van der Waals surface area contributed by atoms with Crippen LogP contribution in [0.4, 0.5) is 0 Å². The summed E-state index contributed by atoms with van der Waals surface area (Å²) in [6.07, 6.45) is 12.9. The van der Waals surface area contributed by atoms with Gasteiger partial charge in [0.2, 0.25) is 0 Å². The highest BCUT2D eigenvalue weighted by Crippen LogP contribution is 2.28. The molecule has 2 heteroatoms. The second kappa shape index (κ2) is 5.13. The highest BCUT2D eigenvalue weighted by molar-refractivity contribution is 4.78. The molecule has 0 heterocycles. The normalized spacial score (nSPS) is 27.0. The number of hydrogen-bond donors (Lipinski definition) is 1. The van der Waals surface area contributed by atoms with E-state index in [0.29, 0.717) is 12.1 Å². The zero-order chi connectivity index (χ0) is 9.80. The minimum Gasteiger partial charge on any atom is -0.313 e. The van der Waals surface area contributed by atoms with Gasteiger partial charge in [-0.25, -0.2) is 0 Å². The van der Waals surface area contributed by atoms with Crippen LogP contribution < -0.4 is 0 Å². The van der Waals surface area contributed by atoms with Crippen LogP contribution in [-0.4, -0.2) is 22.4 Å². The van der Waals surface area contributed by atoms with E-state index in [4.69, 9.17) is 0 Å². The summed E-state index contributed by atoms with van der Waals surface area (Å²) >= 11 is 0. The third-order valence-corrected chi connectivity index (χ3v) is 3.90. The molecule has 2 rings (SSSR count). The van der Waals surface area contributed by atoms with Gasteiger partial charge < -0.3 is 5.21 Å². The fraction of sp³-hybridized carbons (Fsp3) is 1.00. The van der Waals surface area contributed by atoms with Crippen LogP contribution in [0.15, 0.2) is 0 Å². The molecule has 2 saturated carbocycles. The van der Waals surface area contributed by atoms with Gasteiger partial charge in [0.05, 0.1) is 0 Å². The molecule has 0 aromatic rings. The van der Waals surface area contributed by atoms with E-state index in [-0.39, 0.29) is 0 Å². The second-order valence-corrected chi connectivity index (χ2v) is 4.96. The van der Waals surface area contributed by atoms with Gasteiger partial charge in [0, 0.05) is 12.1 Å². The number of rotatable bonds is 2. The SMILES string of the molecule is ON(C1CCCCC1)C1CCCCC1. The van der Waals surface area contributed by atoms with Crippen molar-refractivity contribution in [1.82, 2.24) is 5.06 Å². The highest BCUT2D eigenvalue weighted by atomic mass is 16.5. The Hall–Kier alpha value is -0.0800. The summed E-state index contributed by atoms with van der Waals surface area (Å²) in [4.78, 5) is 0. The standard InChI is InChI=1S/C12H23NO/c14-13(11-7-3-1-4-8-11)12-9-5-2-6-10-12/h11-12,14H,1-10H2. The Morgan fingerprint density at radius 2 is 1.00 bits per heavy atom. The monoisotopic (exact) mass is 197 g/mol. The molecule has 2 nitrogen and oxygen atoms in total. The van der Waals surface area contributed by atoms with Gasteiger partial charge in [-0.15, -0.1) is 0 Å². The van der Waals surface area contributed by atoms with Crippen molar-refractivity contribution < 1.29 is 5.21 Å². The van der Waals surface area contributed by atoms with E-state index in [1.165, 1.54) is 64.2 Å². The molecule has 0 unspecified atom stereocenters. The minimum absolute atomic E-state index is 0.479. The molecule has 0 radical (unpaired) electrons. The van der Waals surface area contributed by atoms with Gasteiger partial charge in [-0.2, -0.15) is 5.06 Å². The molecule has 82 valence electrons. The van der Waals surface area contributed by atoms with Crippen molar-refractivity contribution in [2.75, 3.05) is 0 Å². The molecule has 2 fully saturated rings. The molecule has 0 aromatic heterocycles. The minimum atomic E-state index is 0.479. The van der Waals surface area contributed by atoms with Crippen LogP contribution in [0, 0.1) is 0 Å². The summed E-state index contributed by atoms with van der Waals surface area (Å²) in [5.74, 6) is 0. The lowest BCUT2D eigenvalue weighted by molar-refractivity contribution is -0.173. The maximum Gasteiger partial charge on any atom is 0.0353 e. The maximum absolute atomic E-state index is 10.1. The lowest BCUT2D eigenvalue weighted by atomic mass is 9.90. The van der Waals surface area contributed by atoms with Crippen molar-refractivity contribution in [3.63, 3.8) is 0 Å². The Bertz CT molecular complexity index is 142. The molecular weight excluding hydrogens is 174 g/mol. The Balaban J connectivity index is 1.82. The lowest BCUT2D eigenvalue weighted by Crippen LogP contribution is -2.42. The average molecular weight is 197 g/mol. The smallest absolute Gasteiger partial charge is 0.0353 e. The molecular formula is C12H23NO. The zero-order valence-corrected chi connectivity index (χ0v) is 9.12. The van der Waals surface area contributed by atoms with Crippen LogP contribution in [-0.2, 0) is 0 Å². The lowest BCUT2D eigenvalue weighted by Gasteiger charge is -2.36. The number of hydroxylamine groups is 2. The molecule has 0 spiro atoms. The molecule has 0 saturated heterocycles. The first-order chi connectivity index (χ1) is 6.88. The summed E-state index contributed by atoms with van der Waals surface area (Å²) in [6.45, 7) is 0. The quantitative estimate of drug-likeness (QED) is 0.686. The fourth-order valence-corrected chi connectivity index (χ4v) is 2.99. The number of hydrogen-bond acceptors (Lipinski definition) is 2. The molecule has 0 aromatic carbocycles. The predicted molar refractivity (Wildman–Crippen MR) is 57.4 cm³/mol. The van der Waals surface area contributed by atoms with E-state index in [0.717, 1.165) is 0 Å². The molecule has 0 atom stereocenters. The van der Waals surface area contributed by atoms with Gasteiger partial charge in [-0.1, -0.05) is 38.5 Å².